The molecule has 1 aliphatic heterocycles. The third-order valence-corrected chi connectivity index (χ3v) is 5.13. The van der Waals surface area contributed by atoms with Crippen LogP contribution in [0.25, 0.3) is 0 Å². The van der Waals surface area contributed by atoms with Crippen molar-refractivity contribution < 1.29 is 13.2 Å². The van der Waals surface area contributed by atoms with Crippen LogP contribution in [-0.4, -0.2) is 60.8 Å². The van der Waals surface area contributed by atoms with Crippen molar-refractivity contribution in [1.29, 1.82) is 0 Å². The minimum Gasteiger partial charge on any atom is -0.326 e. The highest BCUT2D eigenvalue weighted by Gasteiger charge is 2.37. The number of alkyl halides is 3. The Bertz CT molecular complexity index is 325. The molecule has 1 saturated heterocycles. The topological polar surface area (TPSA) is 32.5 Å². The molecule has 2 fully saturated rings. The van der Waals surface area contributed by atoms with Crippen molar-refractivity contribution >= 4 is 0 Å². The van der Waals surface area contributed by atoms with Crippen LogP contribution >= 0.6 is 0 Å². The molecule has 3 atom stereocenters. The molecule has 2 N–H and O–H groups in total. The summed E-state index contributed by atoms with van der Waals surface area (Å²) in [6, 6.07) is 0.522. The van der Waals surface area contributed by atoms with Crippen LogP contribution in [0.5, 0.6) is 0 Å². The monoisotopic (exact) mass is 307 g/mol. The van der Waals surface area contributed by atoms with Crippen LogP contribution in [0.1, 0.15) is 33.1 Å². The standard InChI is InChI=1S/C15H28F3N3/c1-11(2)12-3-4-13(19)14(9-12)21-7-5-20(6-8-21)10-15(16,17)18/h11-14H,3-10,19H2,1-2H3. The number of rotatable bonds is 3. The van der Waals surface area contributed by atoms with Gasteiger partial charge in [0.05, 0.1) is 6.54 Å². The summed E-state index contributed by atoms with van der Waals surface area (Å²) in [5.74, 6) is 1.36. The van der Waals surface area contributed by atoms with Gasteiger partial charge in [-0.3, -0.25) is 9.80 Å². The summed E-state index contributed by atoms with van der Waals surface area (Å²) in [5.41, 5.74) is 6.27. The maximum Gasteiger partial charge on any atom is 0.401 e. The number of halogens is 3. The number of hydrogen-bond acceptors (Lipinski definition) is 3. The first-order valence-corrected chi connectivity index (χ1v) is 8.05. The zero-order chi connectivity index (χ0) is 15.6. The highest BCUT2D eigenvalue weighted by Crippen LogP contribution is 2.32. The van der Waals surface area contributed by atoms with Crippen LogP contribution in [0.4, 0.5) is 13.2 Å². The Labute approximate surface area is 125 Å². The average molecular weight is 307 g/mol. The van der Waals surface area contributed by atoms with E-state index in [-0.39, 0.29) is 6.04 Å². The van der Waals surface area contributed by atoms with E-state index in [0.29, 0.717) is 44.1 Å². The van der Waals surface area contributed by atoms with E-state index in [1.807, 2.05) is 0 Å². The Morgan fingerprint density at radius 1 is 1.10 bits per heavy atom. The van der Waals surface area contributed by atoms with Gasteiger partial charge in [0.2, 0.25) is 0 Å². The van der Waals surface area contributed by atoms with E-state index >= 15 is 0 Å². The molecule has 3 unspecified atom stereocenters. The van der Waals surface area contributed by atoms with Gasteiger partial charge in [0.25, 0.3) is 0 Å². The highest BCUT2D eigenvalue weighted by atomic mass is 19.4. The van der Waals surface area contributed by atoms with Crippen molar-refractivity contribution in [2.24, 2.45) is 17.6 Å². The average Bonchev–Trinajstić information content (AvgIpc) is 2.38. The molecule has 2 aliphatic rings. The quantitative estimate of drug-likeness (QED) is 0.868. The molecule has 0 bridgehead atoms. The molecule has 6 heteroatoms. The Morgan fingerprint density at radius 3 is 2.24 bits per heavy atom. The second kappa shape index (κ2) is 6.84. The molecule has 3 nitrogen and oxygen atoms in total. The third kappa shape index (κ3) is 4.83. The van der Waals surface area contributed by atoms with Crippen molar-refractivity contribution in [3.8, 4) is 0 Å². The van der Waals surface area contributed by atoms with E-state index in [0.717, 1.165) is 12.8 Å². The van der Waals surface area contributed by atoms with Crippen molar-refractivity contribution in [3.05, 3.63) is 0 Å². The lowest BCUT2D eigenvalue weighted by atomic mass is 9.76. The second-order valence-corrected chi connectivity index (χ2v) is 6.98. The molecule has 0 spiro atoms. The van der Waals surface area contributed by atoms with Crippen LogP contribution in [0.2, 0.25) is 0 Å². The van der Waals surface area contributed by atoms with E-state index in [1.165, 1.54) is 11.3 Å². The van der Waals surface area contributed by atoms with Crippen LogP contribution in [0.15, 0.2) is 0 Å². The van der Waals surface area contributed by atoms with Gasteiger partial charge in [-0.05, 0) is 31.1 Å². The summed E-state index contributed by atoms with van der Waals surface area (Å²) < 4.78 is 37.3. The van der Waals surface area contributed by atoms with Gasteiger partial charge in [-0.25, -0.2) is 0 Å². The van der Waals surface area contributed by atoms with E-state index in [9.17, 15) is 13.2 Å². The molecule has 0 aromatic heterocycles. The van der Waals surface area contributed by atoms with Gasteiger partial charge >= 0.3 is 6.18 Å². The molecule has 1 aliphatic carbocycles. The van der Waals surface area contributed by atoms with E-state index in [1.54, 1.807) is 0 Å². The van der Waals surface area contributed by atoms with Crippen LogP contribution in [-0.2, 0) is 0 Å². The van der Waals surface area contributed by atoms with Crippen molar-refractivity contribution in [1.82, 2.24) is 9.80 Å². The summed E-state index contributed by atoms with van der Waals surface area (Å²) in [5, 5.41) is 0. The summed E-state index contributed by atoms with van der Waals surface area (Å²) in [6.07, 6.45) is -0.774. The Hall–Kier alpha value is -0.330. The molecular weight excluding hydrogens is 279 g/mol. The molecule has 21 heavy (non-hydrogen) atoms. The van der Waals surface area contributed by atoms with Gasteiger partial charge in [0.15, 0.2) is 0 Å². The zero-order valence-electron chi connectivity index (χ0n) is 13.1. The van der Waals surface area contributed by atoms with Gasteiger partial charge < -0.3 is 5.73 Å². The third-order valence-electron chi connectivity index (χ3n) is 5.13. The maximum absolute atomic E-state index is 12.4. The lowest BCUT2D eigenvalue weighted by Crippen LogP contribution is -2.58. The molecule has 0 aromatic rings. The smallest absolute Gasteiger partial charge is 0.326 e. The fourth-order valence-corrected chi connectivity index (χ4v) is 3.73. The largest absolute Gasteiger partial charge is 0.401 e. The first kappa shape index (κ1) is 17.0. The lowest BCUT2D eigenvalue weighted by Gasteiger charge is -2.45. The summed E-state index contributed by atoms with van der Waals surface area (Å²) >= 11 is 0. The lowest BCUT2D eigenvalue weighted by molar-refractivity contribution is -0.150. The summed E-state index contributed by atoms with van der Waals surface area (Å²) in [7, 11) is 0. The molecule has 0 amide bonds. The van der Waals surface area contributed by atoms with E-state index in [4.69, 9.17) is 5.73 Å². The predicted octanol–water partition coefficient (Wildman–Crippen LogP) is 2.32. The maximum atomic E-state index is 12.4. The first-order valence-electron chi connectivity index (χ1n) is 8.05. The van der Waals surface area contributed by atoms with Crippen LogP contribution in [0, 0.1) is 11.8 Å². The van der Waals surface area contributed by atoms with E-state index in [2.05, 4.69) is 18.7 Å². The van der Waals surface area contributed by atoms with Crippen LogP contribution in [0.3, 0.4) is 0 Å². The first-order chi connectivity index (χ1) is 9.76. The number of hydrogen-bond donors (Lipinski definition) is 1. The Kier molecular flexibility index (Phi) is 5.54. The number of nitrogens with zero attached hydrogens (tertiary/aromatic N) is 2. The molecule has 1 heterocycles. The number of nitrogens with two attached hydrogens (primary N) is 1. The van der Waals surface area contributed by atoms with Gasteiger partial charge in [0.1, 0.15) is 0 Å². The predicted molar refractivity (Wildman–Crippen MR) is 78.0 cm³/mol. The minimum absolute atomic E-state index is 0.175. The highest BCUT2D eigenvalue weighted by molar-refractivity contribution is 4.92. The zero-order valence-corrected chi connectivity index (χ0v) is 13.1. The molecule has 1 saturated carbocycles. The van der Waals surface area contributed by atoms with Crippen molar-refractivity contribution in [3.63, 3.8) is 0 Å². The van der Waals surface area contributed by atoms with Gasteiger partial charge in [-0.2, -0.15) is 13.2 Å². The van der Waals surface area contributed by atoms with Crippen molar-refractivity contribution in [2.45, 2.75) is 51.4 Å². The summed E-state index contributed by atoms with van der Waals surface area (Å²) in [6.45, 7) is 6.12. The van der Waals surface area contributed by atoms with Crippen molar-refractivity contribution in [2.75, 3.05) is 32.7 Å². The molecule has 124 valence electrons. The summed E-state index contributed by atoms with van der Waals surface area (Å²) in [4.78, 5) is 3.83. The normalized spacial score (nSPS) is 33.6. The Morgan fingerprint density at radius 2 is 1.71 bits per heavy atom. The van der Waals surface area contributed by atoms with E-state index < -0.39 is 12.7 Å². The second-order valence-electron chi connectivity index (χ2n) is 6.98. The van der Waals surface area contributed by atoms with Gasteiger partial charge in [-0.15, -0.1) is 0 Å². The van der Waals surface area contributed by atoms with Gasteiger partial charge in [0, 0.05) is 38.3 Å². The number of piperazine rings is 1. The van der Waals surface area contributed by atoms with Gasteiger partial charge in [-0.1, -0.05) is 13.8 Å². The SMILES string of the molecule is CC(C)C1CCC(N)C(N2CCN(CC(F)(F)F)CC2)C1. The molecule has 2 rings (SSSR count). The fourth-order valence-electron chi connectivity index (χ4n) is 3.73. The molecular formula is C15H28F3N3. The minimum atomic E-state index is -4.09. The molecule has 0 aromatic carbocycles. The Balaban J connectivity index is 1.85. The van der Waals surface area contributed by atoms with Crippen LogP contribution < -0.4 is 5.73 Å². The molecule has 0 radical (unpaired) electrons. The fraction of sp³-hybridized carbons (Fsp3) is 1.00.